The number of aromatic nitrogens is 3. The van der Waals surface area contributed by atoms with Crippen molar-refractivity contribution >= 4 is 17.3 Å². The Balaban J connectivity index is 2.95. The number of rotatable bonds is 1. The van der Waals surface area contributed by atoms with Crippen LogP contribution in [0.15, 0.2) is 22.1 Å². The molecule has 2 aromatic rings. The Labute approximate surface area is 85.6 Å². The van der Waals surface area contributed by atoms with Gasteiger partial charge in [0.15, 0.2) is 0 Å². The van der Waals surface area contributed by atoms with E-state index in [2.05, 4.69) is 4.98 Å². The predicted octanol–water partition coefficient (Wildman–Crippen LogP) is 1.06. The summed E-state index contributed by atoms with van der Waals surface area (Å²) in [6.07, 6.45) is 3.67. The summed E-state index contributed by atoms with van der Waals surface area (Å²) in [5.74, 6) is 0.730. The lowest BCUT2D eigenvalue weighted by atomic mass is 10.5. The second kappa shape index (κ2) is 3.16. The highest BCUT2D eigenvalue weighted by Gasteiger charge is 2.07. The molecule has 74 valence electrons. The van der Waals surface area contributed by atoms with Crippen molar-refractivity contribution in [3.05, 3.63) is 28.6 Å². The topological polar surface area (TPSA) is 39.3 Å². The van der Waals surface area contributed by atoms with Gasteiger partial charge in [0.1, 0.15) is 5.82 Å². The van der Waals surface area contributed by atoms with Crippen LogP contribution in [0.2, 0.25) is 0 Å². The molecule has 0 atom stereocenters. The van der Waals surface area contributed by atoms with Crippen molar-refractivity contribution in [1.82, 2.24) is 14.0 Å². The molecule has 0 spiro atoms. The van der Waals surface area contributed by atoms with E-state index in [9.17, 15) is 4.79 Å². The summed E-state index contributed by atoms with van der Waals surface area (Å²) in [7, 11) is 1.77. The minimum absolute atomic E-state index is 0.0400. The van der Waals surface area contributed by atoms with Crippen LogP contribution in [0.3, 0.4) is 0 Å². The van der Waals surface area contributed by atoms with Crippen molar-refractivity contribution in [3.63, 3.8) is 0 Å². The summed E-state index contributed by atoms with van der Waals surface area (Å²) >= 11 is 1.56. The largest absolute Gasteiger partial charge is 0.334 e. The van der Waals surface area contributed by atoms with E-state index in [4.69, 9.17) is 0 Å². The second-order valence-corrected chi connectivity index (χ2v) is 3.92. The number of thioether (sulfide) groups is 1. The van der Waals surface area contributed by atoms with Crippen LogP contribution in [0.1, 0.15) is 5.82 Å². The van der Waals surface area contributed by atoms with E-state index in [0.717, 1.165) is 16.4 Å². The molecule has 0 amide bonds. The van der Waals surface area contributed by atoms with Gasteiger partial charge >= 0.3 is 5.69 Å². The Bertz CT molecular complexity index is 541. The van der Waals surface area contributed by atoms with E-state index < -0.39 is 0 Å². The molecular weight excluding hydrogens is 198 g/mol. The fourth-order valence-electron chi connectivity index (χ4n) is 1.48. The van der Waals surface area contributed by atoms with Crippen LogP contribution in [-0.4, -0.2) is 20.2 Å². The maximum Gasteiger partial charge on any atom is 0.334 e. The lowest BCUT2D eigenvalue weighted by molar-refractivity contribution is 0.707. The number of nitrogens with zero attached hydrogens (tertiary/aromatic N) is 3. The van der Waals surface area contributed by atoms with Crippen molar-refractivity contribution in [1.29, 1.82) is 0 Å². The Morgan fingerprint density at radius 3 is 2.86 bits per heavy atom. The third-order valence-electron chi connectivity index (χ3n) is 2.25. The molecule has 0 bridgehead atoms. The number of hydrogen-bond donors (Lipinski definition) is 0. The monoisotopic (exact) mass is 209 g/mol. The summed E-state index contributed by atoms with van der Waals surface area (Å²) < 4.78 is 3.24. The second-order valence-electron chi connectivity index (χ2n) is 3.09. The molecule has 4 nitrogen and oxygen atoms in total. The molecule has 14 heavy (non-hydrogen) atoms. The average molecular weight is 209 g/mol. The fourth-order valence-corrected chi connectivity index (χ4v) is 2.07. The molecule has 0 aromatic carbocycles. The maximum atomic E-state index is 11.9. The summed E-state index contributed by atoms with van der Waals surface area (Å²) in [5.41, 5.74) is 0.816. The summed E-state index contributed by atoms with van der Waals surface area (Å²) in [4.78, 5) is 16.0. The van der Waals surface area contributed by atoms with Gasteiger partial charge in [-0.05, 0) is 19.2 Å². The van der Waals surface area contributed by atoms with Gasteiger partial charge in [-0.15, -0.1) is 11.8 Å². The van der Waals surface area contributed by atoms with E-state index in [1.165, 1.54) is 0 Å². The first kappa shape index (κ1) is 9.33. The Kier molecular flexibility index (Phi) is 2.11. The van der Waals surface area contributed by atoms with Gasteiger partial charge < -0.3 is 0 Å². The highest BCUT2D eigenvalue weighted by molar-refractivity contribution is 7.98. The normalized spacial score (nSPS) is 11.1. The van der Waals surface area contributed by atoms with Crippen molar-refractivity contribution in [2.75, 3.05) is 6.26 Å². The van der Waals surface area contributed by atoms with Gasteiger partial charge in [0.25, 0.3) is 0 Å². The standard InChI is InChI=1S/C9H11N3OS/c1-6-10-5-7-4-8(14-3)11(2)9(13)12(6)7/h4-5H,1-3H3. The molecule has 0 saturated carbocycles. The molecule has 0 fully saturated rings. The molecule has 5 heteroatoms. The number of imidazole rings is 1. The average Bonchev–Trinajstić information content (AvgIpc) is 2.54. The van der Waals surface area contributed by atoms with Crippen molar-refractivity contribution < 1.29 is 0 Å². The SMILES string of the molecule is CSc1cc2cnc(C)n2c(=O)n1C. The zero-order chi connectivity index (χ0) is 10.3. The number of fused-ring (bicyclic) bond motifs is 1. The van der Waals surface area contributed by atoms with Crippen LogP contribution in [0.25, 0.3) is 5.52 Å². The Morgan fingerprint density at radius 1 is 1.50 bits per heavy atom. The van der Waals surface area contributed by atoms with Crippen molar-refractivity contribution in [2.24, 2.45) is 7.05 Å². The van der Waals surface area contributed by atoms with Gasteiger partial charge in [-0.1, -0.05) is 0 Å². The minimum atomic E-state index is -0.0400. The van der Waals surface area contributed by atoms with E-state index in [1.807, 2.05) is 19.2 Å². The van der Waals surface area contributed by atoms with Crippen LogP contribution in [-0.2, 0) is 7.05 Å². The molecule has 0 radical (unpaired) electrons. The van der Waals surface area contributed by atoms with Crippen molar-refractivity contribution in [3.8, 4) is 0 Å². The van der Waals surface area contributed by atoms with Crippen LogP contribution in [0.5, 0.6) is 0 Å². The van der Waals surface area contributed by atoms with Gasteiger partial charge in [-0.3, -0.25) is 4.57 Å². The molecule has 0 aliphatic rings. The first-order chi connectivity index (χ1) is 6.65. The quantitative estimate of drug-likeness (QED) is 0.521. The first-order valence-corrected chi connectivity index (χ1v) is 5.45. The highest BCUT2D eigenvalue weighted by atomic mass is 32.2. The van der Waals surface area contributed by atoms with Crippen molar-refractivity contribution in [2.45, 2.75) is 11.9 Å². The molecule has 0 saturated heterocycles. The molecule has 2 rings (SSSR count). The third-order valence-corrected chi connectivity index (χ3v) is 3.06. The smallest absolute Gasteiger partial charge is 0.291 e. The van der Waals surface area contributed by atoms with Gasteiger partial charge in [0, 0.05) is 7.05 Å². The van der Waals surface area contributed by atoms with Crippen LogP contribution >= 0.6 is 11.8 Å². The molecule has 0 unspecified atom stereocenters. The molecule has 0 N–H and O–H groups in total. The molecule has 0 aliphatic carbocycles. The predicted molar refractivity (Wildman–Crippen MR) is 57.0 cm³/mol. The van der Waals surface area contributed by atoms with E-state index in [0.29, 0.717) is 0 Å². The van der Waals surface area contributed by atoms with Gasteiger partial charge in [0.05, 0.1) is 16.7 Å². The van der Waals surface area contributed by atoms with E-state index >= 15 is 0 Å². The number of hydrogen-bond acceptors (Lipinski definition) is 3. The third kappa shape index (κ3) is 1.16. The fraction of sp³-hybridized carbons (Fsp3) is 0.333. The van der Waals surface area contributed by atoms with Gasteiger partial charge in [-0.2, -0.15) is 0 Å². The van der Waals surface area contributed by atoms with Crippen LogP contribution < -0.4 is 5.69 Å². The minimum Gasteiger partial charge on any atom is -0.291 e. The highest BCUT2D eigenvalue weighted by Crippen LogP contribution is 2.14. The first-order valence-electron chi connectivity index (χ1n) is 4.23. The van der Waals surface area contributed by atoms with Gasteiger partial charge in [-0.25, -0.2) is 14.2 Å². The summed E-state index contributed by atoms with van der Waals surface area (Å²) in [6.45, 7) is 1.83. The van der Waals surface area contributed by atoms with Crippen LogP contribution in [0, 0.1) is 6.92 Å². The van der Waals surface area contributed by atoms with Crippen LogP contribution in [0.4, 0.5) is 0 Å². The molecule has 2 heterocycles. The van der Waals surface area contributed by atoms with E-state index in [1.54, 1.807) is 34.0 Å². The zero-order valence-electron chi connectivity index (χ0n) is 8.31. The lowest BCUT2D eigenvalue weighted by Gasteiger charge is -2.06. The number of aryl methyl sites for hydroxylation is 1. The summed E-state index contributed by atoms with van der Waals surface area (Å²) in [5, 5.41) is 0.947. The Hall–Kier alpha value is -1.23. The molecule has 2 aromatic heterocycles. The zero-order valence-corrected chi connectivity index (χ0v) is 9.13. The molecular formula is C9H11N3OS. The Morgan fingerprint density at radius 2 is 2.21 bits per heavy atom. The van der Waals surface area contributed by atoms with Gasteiger partial charge in [0.2, 0.25) is 0 Å². The van der Waals surface area contributed by atoms with E-state index in [-0.39, 0.29) is 5.69 Å². The lowest BCUT2D eigenvalue weighted by Crippen LogP contribution is -2.25. The maximum absolute atomic E-state index is 11.9. The summed E-state index contributed by atoms with van der Waals surface area (Å²) in [6, 6.07) is 1.96. The molecule has 0 aliphatic heterocycles.